The fourth-order valence-corrected chi connectivity index (χ4v) is 9.62. The van der Waals surface area contributed by atoms with Crippen molar-refractivity contribution in [2.45, 2.75) is 89.0 Å². The molecule has 30 heavy (non-hydrogen) atoms. The smallest absolute Gasteiger partial charge is 0.306 e. The van der Waals surface area contributed by atoms with Gasteiger partial charge >= 0.3 is 5.97 Å². The van der Waals surface area contributed by atoms with E-state index in [0.717, 1.165) is 32.1 Å². The molecule has 0 aliphatic heterocycles. The second-order valence-corrected chi connectivity index (χ2v) is 12.6. The second kappa shape index (κ2) is 6.50. The van der Waals surface area contributed by atoms with Crippen LogP contribution in [-0.2, 0) is 14.3 Å². The van der Waals surface area contributed by atoms with Crippen LogP contribution < -0.4 is 0 Å². The lowest BCUT2D eigenvalue weighted by Crippen LogP contribution is -2.51. The molecular weight excluding hydrogens is 419 g/mol. The van der Waals surface area contributed by atoms with E-state index in [4.69, 9.17) is 27.9 Å². The van der Waals surface area contributed by atoms with Crippen LogP contribution in [0.15, 0.2) is 11.6 Å². The van der Waals surface area contributed by atoms with Crippen molar-refractivity contribution in [3.8, 4) is 0 Å². The zero-order valence-corrected chi connectivity index (χ0v) is 20.1. The molecule has 0 aromatic rings. The molecule has 3 nitrogen and oxygen atoms in total. The second-order valence-electron chi connectivity index (χ2n) is 11.2. The molecule has 5 heteroatoms. The third kappa shape index (κ3) is 2.46. The Labute approximate surface area is 190 Å². The molecule has 0 aromatic carbocycles. The molecule has 5 aliphatic carbocycles. The molecule has 0 saturated heterocycles. The third-order valence-electron chi connectivity index (χ3n) is 10.2. The number of hydrogen-bond acceptors (Lipinski definition) is 3. The van der Waals surface area contributed by atoms with Gasteiger partial charge in [-0.25, -0.2) is 0 Å². The lowest BCUT2D eigenvalue weighted by Gasteiger charge is -2.57. The van der Waals surface area contributed by atoms with E-state index in [1.807, 2.05) is 6.92 Å². The van der Waals surface area contributed by atoms with Gasteiger partial charge in [0, 0.05) is 12.3 Å². The highest BCUT2D eigenvalue weighted by atomic mass is 35.5. The summed E-state index contributed by atoms with van der Waals surface area (Å²) in [5.41, 5.74) is 0.828. The van der Waals surface area contributed by atoms with Crippen LogP contribution in [0.1, 0.15) is 79.1 Å². The number of halogens is 2. The van der Waals surface area contributed by atoms with Crippen LogP contribution in [-0.4, -0.2) is 21.7 Å². The van der Waals surface area contributed by atoms with Gasteiger partial charge in [-0.15, -0.1) is 0 Å². The summed E-state index contributed by atoms with van der Waals surface area (Å²) in [6.45, 7) is 8.39. The van der Waals surface area contributed by atoms with Gasteiger partial charge in [0.05, 0.1) is 5.92 Å². The summed E-state index contributed by atoms with van der Waals surface area (Å²) in [6.07, 6.45) is 10.0. The number of rotatable bonds is 3. The number of alkyl halides is 2. The predicted molar refractivity (Wildman–Crippen MR) is 118 cm³/mol. The molecule has 8 atom stereocenters. The van der Waals surface area contributed by atoms with Gasteiger partial charge in [0.25, 0.3) is 0 Å². The summed E-state index contributed by atoms with van der Waals surface area (Å²) in [7, 11) is 0. The summed E-state index contributed by atoms with van der Waals surface area (Å²) in [5, 5.41) is 0. The molecule has 0 bridgehead atoms. The molecular formula is C25H34Cl2O3. The van der Waals surface area contributed by atoms with E-state index in [9.17, 15) is 9.59 Å². The highest BCUT2D eigenvalue weighted by Crippen LogP contribution is 2.78. The average Bonchev–Trinajstić information content (AvgIpc) is 2.97. The monoisotopic (exact) mass is 452 g/mol. The van der Waals surface area contributed by atoms with E-state index >= 15 is 0 Å². The molecule has 5 rings (SSSR count). The van der Waals surface area contributed by atoms with Crippen molar-refractivity contribution in [2.75, 3.05) is 0 Å². The van der Waals surface area contributed by atoms with Gasteiger partial charge < -0.3 is 4.74 Å². The van der Waals surface area contributed by atoms with Crippen LogP contribution in [0.5, 0.6) is 0 Å². The Morgan fingerprint density at radius 1 is 1.10 bits per heavy atom. The Balaban J connectivity index is 1.47. The molecule has 0 spiro atoms. The fourth-order valence-electron chi connectivity index (χ4n) is 8.65. The summed E-state index contributed by atoms with van der Waals surface area (Å²) in [5.74, 6) is 2.18. The molecule has 0 N–H and O–H groups in total. The number of esters is 1. The number of carbonyl (C=O) groups excluding carboxylic acids is 2. The van der Waals surface area contributed by atoms with Crippen LogP contribution in [0.2, 0.25) is 0 Å². The largest absolute Gasteiger partial charge is 0.455 e. The molecule has 0 amide bonds. The summed E-state index contributed by atoms with van der Waals surface area (Å²) >= 11 is 13.6. The Kier molecular flexibility index (Phi) is 4.62. The van der Waals surface area contributed by atoms with Crippen LogP contribution in [0.4, 0.5) is 0 Å². The van der Waals surface area contributed by atoms with Crippen LogP contribution >= 0.6 is 23.2 Å². The standard InChI is InChI=1S/C25H34Cl2O3/c1-5-20(29)30-24-13-12-23(4)18-10-11-22(3)16(14(2)28)8-9-17(22)15(18)6-7-19(23)21(24)25(24,26)27/h7,15-18,21H,5-6,8-13H2,1-4H3/t15-,16+,17-,18-,21?,22+,23+,24-/m0/s1. The van der Waals surface area contributed by atoms with Gasteiger partial charge in [-0.3, -0.25) is 9.59 Å². The maximum Gasteiger partial charge on any atom is 0.306 e. The molecule has 0 aromatic heterocycles. The summed E-state index contributed by atoms with van der Waals surface area (Å²) in [4.78, 5) is 24.5. The maximum atomic E-state index is 12.3. The molecule has 166 valence electrons. The molecule has 4 saturated carbocycles. The third-order valence-corrected chi connectivity index (χ3v) is 11.3. The van der Waals surface area contributed by atoms with E-state index in [-0.39, 0.29) is 28.6 Å². The minimum atomic E-state index is -1.01. The predicted octanol–water partition coefficient (Wildman–Crippen LogP) is 6.26. The molecule has 0 heterocycles. The first-order valence-electron chi connectivity index (χ1n) is 11.8. The van der Waals surface area contributed by atoms with Crippen molar-refractivity contribution in [3.05, 3.63) is 11.6 Å². The van der Waals surface area contributed by atoms with E-state index in [1.165, 1.54) is 18.4 Å². The number of fused-ring (bicyclic) bond motifs is 7. The van der Waals surface area contributed by atoms with Gasteiger partial charge in [0.1, 0.15) is 5.78 Å². The Morgan fingerprint density at radius 3 is 2.50 bits per heavy atom. The molecule has 1 unspecified atom stereocenters. The van der Waals surface area contributed by atoms with Gasteiger partial charge in [-0.2, -0.15) is 0 Å². The number of Topliss-reactive ketones (excluding diaryl/α,β-unsaturated/α-hetero) is 1. The quantitative estimate of drug-likeness (QED) is 0.288. The first-order valence-corrected chi connectivity index (χ1v) is 12.6. The van der Waals surface area contributed by atoms with Crippen LogP contribution in [0.3, 0.4) is 0 Å². The van der Waals surface area contributed by atoms with Crippen molar-refractivity contribution in [2.24, 2.45) is 40.4 Å². The SMILES string of the molecule is CCC(=O)O[C@@]12CC[C@@]3(C)C(=CC[C@H]4[C@@H]5CC[C@H](C(C)=O)[C@@]5(C)CC[C@@H]43)C1C2(Cl)Cl. The number of carbonyl (C=O) groups is 2. The minimum Gasteiger partial charge on any atom is -0.455 e. The number of ketones is 1. The highest BCUT2D eigenvalue weighted by molar-refractivity contribution is 6.53. The Morgan fingerprint density at radius 2 is 1.83 bits per heavy atom. The van der Waals surface area contributed by atoms with E-state index in [0.29, 0.717) is 30.0 Å². The van der Waals surface area contributed by atoms with E-state index in [2.05, 4.69) is 19.9 Å². The van der Waals surface area contributed by atoms with Gasteiger partial charge in [-0.1, -0.05) is 55.6 Å². The van der Waals surface area contributed by atoms with Crippen molar-refractivity contribution < 1.29 is 14.3 Å². The topological polar surface area (TPSA) is 43.4 Å². The van der Waals surface area contributed by atoms with Crippen LogP contribution in [0, 0.1) is 40.4 Å². The fraction of sp³-hybridized carbons (Fsp3) is 0.840. The zero-order chi connectivity index (χ0) is 21.7. The van der Waals surface area contributed by atoms with Crippen molar-refractivity contribution in [1.82, 2.24) is 0 Å². The van der Waals surface area contributed by atoms with Crippen LogP contribution in [0.25, 0.3) is 0 Å². The average molecular weight is 453 g/mol. The van der Waals surface area contributed by atoms with Gasteiger partial charge in [0.15, 0.2) is 9.93 Å². The number of allylic oxidation sites excluding steroid dienone is 1. The maximum absolute atomic E-state index is 12.3. The first-order chi connectivity index (χ1) is 14.0. The number of ether oxygens (including phenoxy) is 1. The molecule has 4 fully saturated rings. The Hall–Kier alpha value is -0.540. The summed E-state index contributed by atoms with van der Waals surface area (Å²) in [6, 6.07) is 0. The van der Waals surface area contributed by atoms with Crippen molar-refractivity contribution >= 4 is 35.0 Å². The zero-order valence-electron chi connectivity index (χ0n) is 18.6. The lowest BCUT2D eigenvalue weighted by molar-refractivity contribution is -0.154. The minimum absolute atomic E-state index is 0.0663. The normalized spacial score (nSPS) is 50.3. The lowest BCUT2D eigenvalue weighted by atomic mass is 9.47. The van der Waals surface area contributed by atoms with Gasteiger partial charge in [-0.05, 0) is 80.5 Å². The first kappa shape index (κ1) is 21.3. The van der Waals surface area contributed by atoms with Crippen molar-refractivity contribution in [3.63, 3.8) is 0 Å². The van der Waals surface area contributed by atoms with Crippen molar-refractivity contribution in [1.29, 1.82) is 0 Å². The molecule has 0 radical (unpaired) electrons. The number of hydrogen-bond donors (Lipinski definition) is 0. The van der Waals surface area contributed by atoms with Gasteiger partial charge in [0.2, 0.25) is 0 Å². The molecule has 5 aliphatic rings. The van der Waals surface area contributed by atoms with E-state index in [1.54, 1.807) is 6.92 Å². The highest BCUT2D eigenvalue weighted by Gasteiger charge is 2.83. The summed E-state index contributed by atoms with van der Waals surface area (Å²) < 4.78 is 4.88. The Bertz CT molecular complexity index is 834. The van der Waals surface area contributed by atoms with E-state index < -0.39 is 9.93 Å².